The van der Waals surface area contributed by atoms with Gasteiger partial charge in [-0.15, -0.1) is 0 Å². The molecule has 0 saturated carbocycles. The number of rotatable bonds is 5. The number of esters is 1. The molecular formula is C15H19N2O3+. The molecule has 5 heteroatoms. The lowest BCUT2D eigenvalue weighted by Crippen LogP contribution is -2.31. The standard InChI is InChI=1S/C15H18N2O3/c1-3-4-9-17-11-10-16(2)15(17)20-14(19)12-7-5-6-8-13(12)18/h5-8,10-11H,3-4,9H2,1-2H3/p+1. The fourth-order valence-electron chi connectivity index (χ4n) is 1.92. The molecule has 106 valence electrons. The van der Waals surface area contributed by atoms with Gasteiger partial charge in [0.05, 0.1) is 13.6 Å². The van der Waals surface area contributed by atoms with Crippen LogP contribution in [0.1, 0.15) is 30.1 Å². The fourth-order valence-corrected chi connectivity index (χ4v) is 1.92. The van der Waals surface area contributed by atoms with E-state index in [0.29, 0.717) is 6.01 Å². The molecule has 1 heterocycles. The highest BCUT2D eigenvalue weighted by molar-refractivity contribution is 5.93. The van der Waals surface area contributed by atoms with Gasteiger partial charge >= 0.3 is 12.0 Å². The van der Waals surface area contributed by atoms with Gasteiger partial charge in [0.2, 0.25) is 0 Å². The molecule has 0 aliphatic heterocycles. The SMILES string of the molecule is CCCCn1cc[n+](C)c1OC(=O)c1ccccc1O. The number of hydrogen-bond acceptors (Lipinski definition) is 3. The van der Waals surface area contributed by atoms with Gasteiger partial charge < -0.3 is 9.84 Å². The van der Waals surface area contributed by atoms with Crippen LogP contribution in [0.4, 0.5) is 0 Å². The van der Waals surface area contributed by atoms with Crippen LogP contribution in [0.2, 0.25) is 0 Å². The van der Waals surface area contributed by atoms with E-state index in [-0.39, 0.29) is 11.3 Å². The second-order valence-corrected chi connectivity index (χ2v) is 4.65. The average Bonchev–Trinajstić information content (AvgIpc) is 2.78. The lowest BCUT2D eigenvalue weighted by atomic mass is 10.2. The van der Waals surface area contributed by atoms with E-state index < -0.39 is 5.97 Å². The molecule has 1 aromatic heterocycles. The van der Waals surface area contributed by atoms with Crippen molar-refractivity contribution in [1.29, 1.82) is 0 Å². The summed E-state index contributed by atoms with van der Waals surface area (Å²) in [6, 6.07) is 6.82. The van der Waals surface area contributed by atoms with Crippen LogP contribution in [0, 0.1) is 0 Å². The average molecular weight is 275 g/mol. The molecule has 0 saturated heterocycles. The third-order valence-corrected chi connectivity index (χ3v) is 3.08. The predicted molar refractivity (Wildman–Crippen MR) is 73.6 cm³/mol. The van der Waals surface area contributed by atoms with Crippen molar-refractivity contribution in [3.63, 3.8) is 0 Å². The zero-order valence-electron chi connectivity index (χ0n) is 11.7. The molecule has 20 heavy (non-hydrogen) atoms. The summed E-state index contributed by atoms with van der Waals surface area (Å²) in [5.41, 5.74) is 0.163. The number of aromatic hydroxyl groups is 1. The Balaban J connectivity index is 2.19. The summed E-state index contributed by atoms with van der Waals surface area (Å²) in [5.74, 6) is -0.637. The third-order valence-electron chi connectivity index (χ3n) is 3.08. The van der Waals surface area contributed by atoms with Crippen LogP contribution < -0.4 is 9.30 Å². The van der Waals surface area contributed by atoms with Gasteiger partial charge in [0, 0.05) is 0 Å². The first kappa shape index (κ1) is 14.1. The number of phenols is 1. The van der Waals surface area contributed by atoms with E-state index in [1.807, 2.05) is 24.0 Å². The van der Waals surface area contributed by atoms with Crippen molar-refractivity contribution in [1.82, 2.24) is 4.57 Å². The minimum absolute atomic E-state index is 0.0770. The molecule has 1 aromatic carbocycles. The maximum absolute atomic E-state index is 12.1. The van der Waals surface area contributed by atoms with Crippen LogP contribution in [0.15, 0.2) is 36.7 Å². The summed E-state index contributed by atoms with van der Waals surface area (Å²) in [6.45, 7) is 2.90. The molecule has 0 aliphatic rings. The Hall–Kier alpha value is -2.30. The summed E-state index contributed by atoms with van der Waals surface area (Å²) < 4.78 is 9.04. The van der Waals surface area contributed by atoms with Crippen LogP contribution in [0.3, 0.4) is 0 Å². The first-order chi connectivity index (χ1) is 9.63. The Morgan fingerprint density at radius 2 is 2.15 bits per heavy atom. The minimum Gasteiger partial charge on any atom is -0.507 e. The Bertz CT molecular complexity index is 605. The number of ether oxygens (including phenoxy) is 1. The zero-order chi connectivity index (χ0) is 14.5. The lowest BCUT2D eigenvalue weighted by Gasteiger charge is -2.04. The largest absolute Gasteiger partial charge is 0.507 e. The molecule has 0 aliphatic carbocycles. The second kappa shape index (κ2) is 6.23. The molecule has 2 aromatic rings. The van der Waals surface area contributed by atoms with Crippen molar-refractivity contribution in [3.8, 4) is 11.8 Å². The maximum Gasteiger partial charge on any atom is 0.463 e. The van der Waals surface area contributed by atoms with Crippen molar-refractivity contribution in [2.45, 2.75) is 26.3 Å². The quantitative estimate of drug-likeness (QED) is 0.671. The molecule has 1 N–H and O–H groups in total. The number of unbranched alkanes of at least 4 members (excludes halogenated alkanes) is 1. The van der Waals surface area contributed by atoms with E-state index in [9.17, 15) is 9.90 Å². The maximum atomic E-state index is 12.1. The number of phenolic OH excluding ortho intramolecular Hbond substituents is 1. The molecular weight excluding hydrogens is 256 g/mol. The molecule has 0 amide bonds. The van der Waals surface area contributed by atoms with E-state index in [1.165, 1.54) is 12.1 Å². The monoisotopic (exact) mass is 275 g/mol. The Labute approximate surface area is 118 Å². The Morgan fingerprint density at radius 1 is 1.40 bits per heavy atom. The number of nitrogens with zero attached hydrogens (tertiary/aromatic N) is 2. The van der Waals surface area contributed by atoms with Crippen LogP contribution in [-0.4, -0.2) is 15.6 Å². The third kappa shape index (κ3) is 2.99. The number of carbonyl (C=O) groups is 1. The van der Waals surface area contributed by atoms with Crippen LogP contribution >= 0.6 is 0 Å². The van der Waals surface area contributed by atoms with Crippen molar-refractivity contribution in [2.75, 3.05) is 0 Å². The van der Waals surface area contributed by atoms with Gasteiger partial charge in [0.1, 0.15) is 23.7 Å². The molecule has 0 radical (unpaired) electrons. The Kier molecular flexibility index (Phi) is 4.40. The number of hydrogen-bond donors (Lipinski definition) is 1. The van der Waals surface area contributed by atoms with Crippen molar-refractivity contribution < 1.29 is 19.2 Å². The van der Waals surface area contributed by atoms with Gasteiger partial charge in [-0.2, -0.15) is 9.13 Å². The highest BCUT2D eigenvalue weighted by Crippen LogP contribution is 2.18. The van der Waals surface area contributed by atoms with Crippen LogP contribution in [-0.2, 0) is 13.6 Å². The van der Waals surface area contributed by atoms with Crippen molar-refractivity contribution >= 4 is 5.97 Å². The van der Waals surface area contributed by atoms with Gasteiger partial charge in [-0.3, -0.25) is 0 Å². The van der Waals surface area contributed by atoms with Crippen molar-refractivity contribution in [2.24, 2.45) is 7.05 Å². The number of benzene rings is 1. The molecule has 0 spiro atoms. The van der Waals surface area contributed by atoms with E-state index in [4.69, 9.17) is 4.74 Å². The summed E-state index contributed by atoms with van der Waals surface area (Å²) in [7, 11) is 1.82. The van der Waals surface area contributed by atoms with E-state index >= 15 is 0 Å². The molecule has 0 fully saturated rings. The summed E-state index contributed by atoms with van der Waals surface area (Å²) >= 11 is 0. The molecule has 2 rings (SSSR count). The number of para-hydroxylation sites is 1. The number of aryl methyl sites for hydroxylation is 2. The van der Waals surface area contributed by atoms with Gasteiger partial charge in [0.15, 0.2) is 0 Å². The van der Waals surface area contributed by atoms with Gasteiger partial charge in [-0.05, 0) is 18.6 Å². The summed E-state index contributed by atoms with van der Waals surface area (Å²) in [6.07, 6.45) is 5.79. The topological polar surface area (TPSA) is 55.3 Å². The van der Waals surface area contributed by atoms with E-state index in [0.717, 1.165) is 19.4 Å². The lowest BCUT2D eigenvalue weighted by molar-refractivity contribution is -0.675. The highest BCUT2D eigenvalue weighted by atomic mass is 16.6. The molecule has 0 unspecified atom stereocenters. The zero-order valence-corrected chi connectivity index (χ0v) is 11.7. The van der Waals surface area contributed by atoms with Gasteiger partial charge in [-0.1, -0.05) is 25.5 Å². The van der Waals surface area contributed by atoms with Gasteiger partial charge in [0.25, 0.3) is 0 Å². The van der Waals surface area contributed by atoms with E-state index in [2.05, 4.69) is 6.92 Å². The molecule has 5 nitrogen and oxygen atoms in total. The van der Waals surface area contributed by atoms with Crippen LogP contribution in [0.25, 0.3) is 0 Å². The molecule has 0 bridgehead atoms. The first-order valence-corrected chi connectivity index (χ1v) is 6.68. The number of carbonyl (C=O) groups excluding carboxylic acids is 1. The van der Waals surface area contributed by atoms with Gasteiger partial charge in [-0.25, -0.2) is 4.79 Å². The summed E-state index contributed by atoms with van der Waals surface area (Å²) in [4.78, 5) is 12.1. The molecule has 0 atom stereocenters. The first-order valence-electron chi connectivity index (χ1n) is 6.68. The van der Waals surface area contributed by atoms with Crippen LogP contribution in [0.5, 0.6) is 11.8 Å². The van der Waals surface area contributed by atoms with E-state index in [1.54, 1.807) is 16.7 Å². The minimum atomic E-state index is -0.560. The number of aromatic nitrogens is 2. The number of imidazole rings is 1. The Morgan fingerprint density at radius 3 is 2.85 bits per heavy atom. The predicted octanol–water partition coefficient (Wildman–Crippen LogP) is 2.04. The fraction of sp³-hybridized carbons (Fsp3) is 0.333. The smallest absolute Gasteiger partial charge is 0.463 e. The second-order valence-electron chi connectivity index (χ2n) is 4.65. The van der Waals surface area contributed by atoms with Crippen molar-refractivity contribution in [3.05, 3.63) is 42.2 Å². The highest BCUT2D eigenvalue weighted by Gasteiger charge is 2.22. The summed E-state index contributed by atoms with van der Waals surface area (Å²) in [5, 5.41) is 9.68. The normalized spacial score (nSPS) is 10.5.